The minimum atomic E-state index is -0.946. The Hall–Kier alpha value is -2.15. The van der Waals surface area contributed by atoms with Crippen LogP contribution in [0.2, 0.25) is 0 Å². The second-order valence-corrected chi connectivity index (χ2v) is 8.22. The molecular weight excluding hydrogens is 362 g/mol. The third-order valence-electron chi connectivity index (χ3n) is 5.34. The topological polar surface area (TPSA) is 75.4 Å². The highest BCUT2D eigenvalue weighted by atomic mass is 32.1. The first-order chi connectivity index (χ1) is 13.0. The van der Waals surface area contributed by atoms with Crippen LogP contribution in [-0.4, -0.2) is 44.8 Å². The highest BCUT2D eigenvalue weighted by Crippen LogP contribution is 2.29. The summed E-state index contributed by atoms with van der Waals surface area (Å²) >= 11 is 1.64. The third kappa shape index (κ3) is 3.93. The maximum absolute atomic E-state index is 12.9. The molecule has 0 radical (unpaired) electrons. The normalized spacial score (nSPS) is 15.3. The van der Waals surface area contributed by atoms with Gasteiger partial charge in [0.05, 0.1) is 22.8 Å². The third-order valence-corrected chi connectivity index (χ3v) is 6.56. The van der Waals surface area contributed by atoms with E-state index in [0.717, 1.165) is 37.0 Å². The van der Waals surface area contributed by atoms with Crippen LogP contribution in [0, 0.1) is 6.92 Å². The van der Waals surface area contributed by atoms with Crippen LogP contribution in [0.4, 0.5) is 0 Å². The van der Waals surface area contributed by atoms with Crippen LogP contribution in [0.1, 0.15) is 75.3 Å². The van der Waals surface area contributed by atoms with Gasteiger partial charge in [-0.2, -0.15) is 5.10 Å². The first kappa shape index (κ1) is 19.6. The number of hydrogen-bond acceptors (Lipinski definition) is 4. The predicted molar refractivity (Wildman–Crippen MR) is 106 cm³/mol. The van der Waals surface area contributed by atoms with Crippen LogP contribution in [0.15, 0.2) is 12.3 Å². The summed E-state index contributed by atoms with van der Waals surface area (Å²) in [6, 6.07) is 2.22. The van der Waals surface area contributed by atoms with Crippen molar-refractivity contribution in [2.45, 2.75) is 58.9 Å². The molecule has 27 heavy (non-hydrogen) atoms. The Morgan fingerprint density at radius 1 is 1.30 bits per heavy atom. The molecule has 0 atom stereocenters. The standard InChI is InChI=1S/C20H27N3O3S/c1-4-6-17-14(5-2)11-18(27-17)19(24)22-9-7-15(8-10-22)23-13(3)16(12-21-23)20(25)26/h11-12,15H,4-10H2,1-3H3,(H,25,26). The van der Waals surface area contributed by atoms with E-state index >= 15 is 0 Å². The number of rotatable bonds is 6. The molecule has 0 aliphatic carbocycles. The van der Waals surface area contributed by atoms with Crippen LogP contribution in [-0.2, 0) is 12.8 Å². The molecule has 1 saturated heterocycles. The highest BCUT2D eigenvalue weighted by Gasteiger charge is 2.28. The number of nitrogens with zero attached hydrogens (tertiary/aromatic N) is 3. The van der Waals surface area contributed by atoms with E-state index in [4.69, 9.17) is 0 Å². The van der Waals surface area contributed by atoms with Gasteiger partial charge in [-0.1, -0.05) is 20.3 Å². The summed E-state index contributed by atoms with van der Waals surface area (Å²) in [5, 5.41) is 13.5. The number of piperidine rings is 1. The van der Waals surface area contributed by atoms with E-state index in [0.29, 0.717) is 18.8 Å². The van der Waals surface area contributed by atoms with Gasteiger partial charge < -0.3 is 10.0 Å². The number of carboxylic acids is 1. The summed E-state index contributed by atoms with van der Waals surface area (Å²) in [6.45, 7) is 7.44. The van der Waals surface area contributed by atoms with Crippen LogP contribution in [0.25, 0.3) is 0 Å². The molecule has 0 bridgehead atoms. The number of aromatic nitrogens is 2. The van der Waals surface area contributed by atoms with Crippen LogP contribution < -0.4 is 0 Å². The first-order valence-electron chi connectivity index (χ1n) is 9.64. The molecule has 1 aliphatic heterocycles. The fraction of sp³-hybridized carbons (Fsp3) is 0.550. The Bertz CT molecular complexity index is 832. The summed E-state index contributed by atoms with van der Waals surface area (Å²) in [7, 11) is 0. The van der Waals surface area contributed by atoms with Gasteiger partial charge in [0.25, 0.3) is 5.91 Å². The average Bonchev–Trinajstić information content (AvgIpc) is 3.25. The molecule has 6 nitrogen and oxygen atoms in total. The van der Waals surface area contributed by atoms with Crippen molar-refractivity contribution >= 4 is 23.2 Å². The maximum Gasteiger partial charge on any atom is 0.339 e. The van der Waals surface area contributed by atoms with Gasteiger partial charge in [0.15, 0.2) is 0 Å². The summed E-state index contributed by atoms with van der Waals surface area (Å²) in [4.78, 5) is 28.2. The number of likely N-dealkylation sites (tertiary alicyclic amines) is 1. The van der Waals surface area contributed by atoms with Crippen molar-refractivity contribution < 1.29 is 14.7 Å². The Balaban J connectivity index is 1.67. The van der Waals surface area contributed by atoms with E-state index in [1.54, 1.807) is 18.3 Å². The van der Waals surface area contributed by atoms with E-state index < -0.39 is 5.97 Å². The molecule has 1 aliphatic rings. The summed E-state index contributed by atoms with van der Waals surface area (Å²) in [5.74, 6) is -0.822. The molecule has 146 valence electrons. The largest absolute Gasteiger partial charge is 0.478 e. The Morgan fingerprint density at radius 3 is 2.56 bits per heavy atom. The summed E-state index contributed by atoms with van der Waals surface area (Å²) in [6.07, 6.45) is 6.10. The lowest BCUT2D eigenvalue weighted by Crippen LogP contribution is -2.39. The van der Waals surface area contributed by atoms with Crippen molar-refractivity contribution in [2.24, 2.45) is 0 Å². The van der Waals surface area contributed by atoms with Gasteiger partial charge in [0.2, 0.25) is 0 Å². The molecule has 0 unspecified atom stereocenters. The highest BCUT2D eigenvalue weighted by molar-refractivity contribution is 7.14. The molecule has 1 N–H and O–H groups in total. The zero-order chi connectivity index (χ0) is 19.6. The first-order valence-corrected chi connectivity index (χ1v) is 10.5. The van der Waals surface area contributed by atoms with Crippen molar-refractivity contribution in [1.82, 2.24) is 14.7 Å². The Labute approximate surface area is 163 Å². The monoisotopic (exact) mass is 389 g/mol. The zero-order valence-corrected chi connectivity index (χ0v) is 17.0. The maximum atomic E-state index is 12.9. The number of hydrogen-bond donors (Lipinski definition) is 1. The molecule has 7 heteroatoms. The van der Waals surface area contributed by atoms with E-state index in [1.807, 2.05) is 9.58 Å². The van der Waals surface area contributed by atoms with Gasteiger partial charge >= 0.3 is 5.97 Å². The number of amides is 1. The molecule has 3 rings (SSSR count). The minimum Gasteiger partial charge on any atom is -0.478 e. The van der Waals surface area contributed by atoms with Gasteiger partial charge in [-0.15, -0.1) is 11.3 Å². The molecule has 0 saturated carbocycles. The van der Waals surface area contributed by atoms with Gasteiger partial charge in [-0.05, 0) is 44.2 Å². The lowest BCUT2D eigenvalue weighted by Gasteiger charge is -2.32. The number of carboxylic acid groups (broad SMARTS) is 1. The Morgan fingerprint density at radius 2 is 2.00 bits per heavy atom. The van der Waals surface area contributed by atoms with Crippen LogP contribution >= 0.6 is 11.3 Å². The Kier molecular flexibility index (Phi) is 5.99. The number of thiophene rings is 1. The lowest BCUT2D eigenvalue weighted by molar-refractivity contribution is 0.0691. The van der Waals surface area contributed by atoms with Crippen molar-refractivity contribution in [1.29, 1.82) is 0 Å². The average molecular weight is 390 g/mol. The summed E-state index contributed by atoms with van der Waals surface area (Å²) in [5.41, 5.74) is 2.23. The molecule has 1 amide bonds. The molecule has 0 aromatic carbocycles. The predicted octanol–water partition coefficient (Wildman–Crippen LogP) is 3.94. The van der Waals surface area contributed by atoms with Crippen molar-refractivity contribution in [3.63, 3.8) is 0 Å². The molecule has 3 heterocycles. The molecule has 1 fully saturated rings. The quantitative estimate of drug-likeness (QED) is 0.812. The van der Waals surface area contributed by atoms with Crippen molar-refractivity contribution in [2.75, 3.05) is 13.1 Å². The van der Waals surface area contributed by atoms with Crippen molar-refractivity contribution in [3.05, 3.63) is 38.8 Å². The van der Waals surface area contributed by atoms with Gasteiger partial charge in [0, 0.05) is 18.0 Å². The minimum absolute atomic E-state index is 0.124. The SMILES string of the molecule is CCCc1sc(C(=O)N2CCC(n3ncc(C(=O)O)c3C)CC2)cc1CC. The second-order valence-electron chi connectivity index (χ2n) is 7.08. The zero-order valence-electron chi connectivity index (χ0n) is 16.2. The molecule has 2 aromatic rings. The number of aromatic carboxylic acids is 1. The summed E-state index contributed by atoms with van der Waals surface area (Å²) < 4.78 is 1.81. The van der Waals surface area contributed by atoms with E-state index in [9.17, 15) is 14.7 Å². The van der Waals surface area contributed by atoms with Gasteiger partial charge in [-0.25, -0.2) is 4.79 Å². The van der Waals surface area contributed by atoms with Crippen LogP contribution in [0.5, 0.6) is 0 Å². The van der Waals surface area contributed by atoms with E-state index in [-0.39, 0.29) is 17.5 Å². The molecular formula is C20H27N3O3S. The fourth-order valence-corrected chi connectivity index (χ4v) is 5.10. The fourth-order valence-electron chi connectivity index (χ4n) is 3.78. The van der Waals surface area contributed by atoms with E-state index in [1.165, 1.54) is 16.6 Å². The van der Waals surface area contributed by atoms with Gasteiger partial charge in [0.1, 0.15) is 5.56 Å². The lowest BCUT2D eigenvalue weighted by atomic mass is 10.0. The van der Waals surface area contributed by atoms with Crippen molar-refractivity contribution in [3.8, 4) is 0 Å². The van der Waals surface area contributed by atoms with Gasteiger partial charge in [-0.3, -0.25) is 9.48 Å². The number of carbonyl (C=O) groups excluding carboxylic acids is 1. The molecule has 2 aromatic heterocycles. The number of carbonyl (C=O) groups is 2. The number of aryl methyl sites for hydroxylation is 2. The second kappa shape index (κ2) is 8.25. The smallest absolute Gasteiger partial charge is 0.339 e. The molecule has 0 spiro atoms. The van der Waals surface area contributed by atoms with Crippen LogP contribution in [0.3, 0.4) is 0 Å². The van der Waals surface area contributed by atoms with E-state index in [2.05, 4.69) is 25.0 Å².